The van der Waals surface area contributed by atoms with E-state index in [0.717, 1.165) is 42.5 Å². The first-order valence-corrected chi connectivity index (χ1v) is 11.9. The number of carbonyl (C=O) groups is 4. The van der Waals surface area contributed by atoms with Gasteiger partial charge in [0.2, 0.25) is 0 Å². The highest BCUT2D eigenvalue weighted by Crippen LogP contribution is 2.35. The van der Waals surface area contributed by atoms with E-state index in [2.05, 4.69) is 26.3 Å². The van der Waals surface area contributed by atoms with Crippen molar-refractivity contribution < 1.29 is 46.9 Å². The van der Waals surface area contributed by atoms with Gasteiger partial charge < -0.3 is 18.9 Å². The average Bonchev–Trinajstić information content (AvgIpc) is 2.98. The standard InChI is InChI=1S/C32H22F2O8/c1-5-29(35)39-22-13-14-23(27(17-22)41-31(37)7-3)20-11-9-19(24(33)15-20)10-12-21-16-25(34)28(42-32(38)8-4)18-26(21)40-30(36)6-2/h5-18H,1-4H2. The van der Waals surface area contributed by atoms with E-state index in [1.165, 1.54) is 42.5 Å². The second-order valence-electron chi connectivity index (χ2n) is 8.05. The number of hydrogen-bond acceptors (Lipinski definition) is 8. The Balaban J connectivity index is 1.99. The molecule has 3 aromatic carbocycles. The van der Waals surface area contributed by atoms with E-state index < -0.39 is 41.3 Å². The first kappa shape index (κ1) is 30.6. The van der Waals surface area contributed by atoms with Gasteiger partial charge in [0.1, 0.15) is 23.1 Å². The van der Waals surface area contributed by atoms with Crippen molar-refractivity contribution in [3.63, 3.8) is 0 Å². The molecule has 0 N–H and O–H groups in total. The van der Waals surface area contributed by atoms with Crippen LogP contribution in [0.4, 0.5) is 8.78 Å². The summed E-state index contributed by atoms with van der Waals surface area (Å²) < 4.78 is 50.1. The van der Waals surface area contributed by atoms with E-state index in [0.29, 0.717) is 11.1 Å². The molecule has 0 aliphatic carbocycles. The van der Waals surface area contributed by atoms with Crippen LogP contribution in [0.2, 0.25) is 0 Å². The molecule has 0 amide bonds. The Morgan fingerprint density at radius 3 is 1.69 bits per heavy atom. The third kappa shape index (κ3) is 7.82. The van der Waals surface area contributed by atoms with Crippen molar-refractivity contribution in [3.8, 4) is 34.1 Å². The smallest absolute Gasteiger partial charge is 0.335 e. The van der Waals surface area contributed by atoms with Gasteiger partial charge in [0.25, 0.3) is 0 Å². The molecular formula is C32H22F2O8. The number of hydrogen-bond donors (Lipinski definition) is 0. The quantitative estimate of drug-likeness (QED) is 0.116. The van der Waals surface area contributed by atoms with Crippen molar-refractivity contribution in [3.05, 3.63) is 122 Å². The first-order valence-electron chi connectivity index (χ1n) is 11.9. The maximum atomic E-state index is 15.2. The molecule has 0 radical (unpaired) electrons. The van der Waals surface area contributed by atoms with E-state index in [1.807, 2.05) is 0 Å². The molecule has 10 heteroatoms. The van der Waals surface area contributed by atoms with Gasteiger partial charge in [0.05, 0.1) is 0 Å². The third-order valence-electron chi connectivity index (χ3n) is 5.29. The molecule has 0 aliphatic heterocycles. The lowest BCUT2D eigenvalue weighted by Gasteiger charge is -2.12. The fourth-order valence-corrected chi connectivity index (χ4v) is 3.35. The zero-order chi connectivity index (χ0) is 30.8. The zero-order valence-electron chi connectivity index (χ0n) is 21.9. The van der Waals surface area contributed by atoms with Crippen LogP contribution in [-0.2, 0) is 19.2 Å². The monoisotopic (exact) mass is 572 g/mol. The van der Waals surface area contributed by atoms with Crippen molar-refractivity contribution in [1.29, 1.82) is 0 Å². The summed E-state index contributed by atoms with van der Waals surface area (Å²) >= 11 is 0. The first-order chi connectivity index (χ1) is 20.1. The number of esters is 4. The third-order valence-corrected chi connectivity index (χ3v) is 5.29. The lowest BCUT2D eigenvalue weighted by atomic mass is 10.0. The minimum atomic E-state index is -0.956. The van der Waals surface area contributed by atoms with Crippen LogP contribution in [0.25, 0.3) is 23.3 Å². The lowest BCUT2D eigenvalue weighted by molar-refractivity contribution is -0.130. The van der Waals surface area contributed by atoms with Gasteiger partial charge in [-0.3, -0.25) is 0 Å². The van der Waals surface area contributed by atoms with Gasteiger partial charge in [-0.1, -0.05) is 50.6 Å². The number of rotatable bonds is 11. The summed E-state index contributed by atoms with van der Waals surface area (Å²) in [6.07, 6.45) is 6.17. The number of benzene rings is 3. The van der Waals surface area contributed by atoms with Crippen molar-refractivity contribution >= 4 is 36.0 Å². The highest BCUT2D eigenvalue weighted by Gasteiger charge is 2.16. The molecule has 0 heterocycles. The fourth-order valence-electron chi connectivity index (χ4n) is 3.35. The second-order valence-corrected chi connectivity index (χ2v) is 8.05. The van der Waals surface area contributed by atoms with Crippen LogP contribution in [-0.4, -0.2) is 23.9 Å². The molecule has 0 bridgehead atoms. The summed E-state index contributed by atoms with van der Waals surface area (Å²) in [5, 5.41) is 0. The molecule has 0 saturated heterocycles. The molecule has 42 heavy (non-hydrogen) atoms. The Morgan fingerprint density at radius 2 is 1.10 bits per heavy atom. The highest BCUT2D eigenvalue weighted by atomic mass is 19.1. The van der Waals surface area contributed by atoms with Crippen LogP contribution in [0.15, 0.2) is 99.2 Å². The maximum absolute atomic E-state index is 15.2. The Morgan fingerprint density at radius 1 is 0.548 bits per heavy atom. The van der Waals surface area contributed by atoms with Crippen LogP contribution < -0.4 is 18.9 Å². The van der Waals surface area contributed by atoms with Gasteiger partial charge in [-0.2, -0.15) is 0 Å². The van der Waals surface area contributed by atoms with Crippen LogP contribution >= 0.6 is 0 Å². The summed E-state index contributed by atoms with van der Waals surface area (Å²) in [5.41, 5.74) is 0.679. The van der Waals surface area contributed by atoms with Gasteiger partial charge in [-0.15, -0.1) is 0 Å². The van der Waals surface area contributed by atoms with Crippen LogP contribution in [0.3, 0.4) is 0 Å². The number of ether oxygens (including phenoxy) is 4. The molecular weight excluding hydrogens is 550 g/mol. The van der Waals surface area contributed by atoms with E-state index >= 15 is 4.39 Å². The average molecular weight is 573 g/mol. The largest absolute Gasteiger partial charge is 0.423 e. The summed E-state index contributed by atoms with van der Waals surface area (Å²) in [7, 11) is 0. The Kier molecular flexibility index (Phi) is 10.2. The molecule has 0 aliphatic rings. The van der Waals surface area contributed by atoms with E-state index in [-0.39, 0.29) is 28.4 Å². The van der Waals surface area contributed by atoms with E-state index in [4.69, 9.17) is 18.9 Å². The number of halogens is 2. The Hall–Kier alpha value is -5.90. The molecule has 0 saturated carbocycles. The molecule has 3 rings (SSSR count). The maximum Gasteiger partial charge on any atom is 0.335 e. The van der Waals surface area contributed by atoms with Gasteiger partial charge >= 0.3 is 23.9 Å². The minimum absolute atomic E-state index is 0.0212. The predicted molar refractivity (Wildman–Crippen MR) is 150 cm³/mol. The minimum Gasteiger partial charge on any atom is -0.423 e. The SMILES string of the molecule is C=CC(=O)Oc1ccc(-c2ccc(C=Cc3cc(F)c(OC(=O)C=C)cc3OC(=O)C=C)c(F)c2)c(OC(=O)C=C)c1. The Bertz CT molecular complexity index is 1650. The molecule has 0 fully saturated rings. The topological polar surface area (TPSA) is 105 Å². The van der Waals surface area contributed by atoms with Gasteiger partial charge in [-0.25, -0.2) is 28.0 Å². The summed E-state index contributed by atoms with van der Waals surface area (Å²) in [4.78, 5) is 46.8. The summed E-state index contributed by atoms with van der Waals surface area (Å²) in [6, 6.07) is 10.2. The molecule has 0 unspecified atom stereocenters. The van der Waals surface area contributed by atoms with Crippen LogP contribution in [0.1, 0.15) is 11.1 Å². The van der Waals surface area contributed by atoms with E-state index in [1.54, 1.807) is 0 Å². The summed E-state index contributed by atoms with van der Waals surface area (Å²) in [6.45, 7) is 13.2. The van der Waals surface area contributed by atoms with Crippen molar-refractivity contribution in [2.24, 2.45) is 0 Å². The van der Waals surface area contributed by atoms with Crippen molar-refractivity contribution in [2.75, 3.05) is 0 Å². The predicted octanol–water partition coefficient (Wildman–Crippen LogP) is 6.17. The number of carbonyl (C=O) groups excluding carboxylic acids is 4. The Labute approximate surface area is 239 Å². The van der Waals surface area contributed by atoms with Gasteiger partial charge in [0.15, 0.2) is 11.6 Å². The van der Waals surface area contributed by atoms with Crippen molar-refractivity contribution in [1.82, 2.24) is 0 Å². The zero-order valence-corrected chi connectivity index (χ0v) is 21.9. The van der Waals surface area contributed by atoms with Crippen molar-refractivity contribution in [2.45, 2.75) is 0 Å². The highest BCUT2D eigenvalue weighted by molar-refractivity contribution is 5.88. The molecule has 0 spiro atoms. The van der Waals surface area contributed by atoms with Crippen LogP contribution in [0.5, 0.6) is 23.0 Å². The van der Waals surface area contributed by atoms with Gasteiger partial charge in [0, 0.05) is 53.1 Å². The second kappa shape index (κ2) is 13.9. The molecule has 0 atom stereocenters. The molecule has 212 valence electrons. The van der Waals surface area contributed by atoms with Crippen LogP contribution in [0, 0.1) is 11.6 Å². The normalized spacial score (nSPS) is 10.3. The lowest BCUT2D eigenvalue weighted by Crippen LogP contribution is -2.08. The fraction of sp³-hybridized carbons (Fsp3) is 0. The molecule has 0 aromatic heterocycles. The molecule has 8 nitrogen and oxygen atoms in total. The molecule has 3 aromatic rings. The van der Waals surface area contributed by atoms with E-state index in [9.17, 15) is 23.6 Å². The van der Waals surface area contributed by atoms with Gasteiger partial charge in [-0.05, 0) is 29.8 Å². The summed E-state index contributed by atoms with van der Waals surface area (Å²) in [5.74, 6) is -5.68.